The summed E-state index contributed by atoms with van der Waals surface area (Å²) < 4.78 is 55.9. The minimum Gasteiger partial charge on any atom is -0.481 e. The van der Waals surface area contributed by atoms with Gasteiger partial charge in [0.2, 0.25) is 11.8 Å². The monoisotopic (exact) mass is 594 g/mol. The third-order valence-corrected chi connectivity index (χ3v) is 6.49. The molecule has 0 spiro atoms. The number of piperidine rings is 1. The zero-order valence-corrected chi connectivity index (χ0v) is 23.6. The lowest BCUT2D eigenvalue weighted by Gasteiger charge is -2.39. The number of halogens is 4. The van der Waals surface area contributed by atoms with Gasteiger partial charge in [-0.15, -0.1) is 10.2 Å². The van der Waals surface area contributed by atoms with Crippen molar-refractivity contribution >= 4 is 23.6 Å². The Hall–Kier alpha value is -3.80. The van der Waals surface area contributed by atoms with Gasteiger partial charge >= 0.3 is 12.3 Å². The van der Waals surface area contributed by atoms with Crippen molar-refractivity contribution in [1.29, 1.82) is 0 Å². The Morgan fingerprint density at radius 2 is 1.71 bits per heavy atom. The molecule has 13 heteroatoms. The van der Waals surface area contributed by atoms with Gasteiger partial charge in [0.05, 0.1) is 5.56 Å². The third kappa shape index (κ3) is 7.90. The number of amides is 2. The number of carbonyl (C=O) groups is 2. The molecule has 0 radical (unpaired) electrons. The van der Waals surface area contributed by atoms with E-state index in [1.54, 1.807) is 52.0 Å². The number of ether oxygens (including phenoxy) is 2. The fourth-order valence-electron chi connectivity index (χ4n) is 4.24. The zero-order valence-electron chi connectivity index (χ0n) is 22.9. The molecule has 1 aromatic heterocycles. The van der Waals surface area contributed by atoms with Crippen molar-refractivity contribution in [3.8, 4) is 17.2 Å². The number of hydrogen-bond acceptors (Lipinski definition) is 7. The average molecular weight is 595 g/mol. The summed E-state index contributed by atoms with van der Waals surface area (Å²) >= 11 is 5.90. The topological polar surface area (TPSA) is 107 Å². The van der Waals surface area contributed by atoms with Crippen molar-refractivity contribution < 1.29 is 36.7 Å². The maximum absolute atomic E-state index is 13.2. The van der Waals surface area contributed by atoms with Crippen molar-refractivity contribution in [2.75, 3.05) is 6.54 Å². The predicted molar refractivity (Wildman–Crippen MR) is 143 cm³/mol. The number of benzene rings is 2. The number of aromatic nitrogens is 2. The summed E-state index contributed by atoms with van der Waals surface area (Å²) in [4.78, 5) is 27.5. The van der Waals surface area contributed by atoms with E-state index in [0.29, 0.717) is 29.2 Å². The third-order valence-electron chi connectivity index (χ3n) is 6.24. The molecule has 0 aliphatic carbocycles. The summed E-state index contributed by atoms with van der Waals surface area (Å²) in [5.74, 6) is 0.239. The van der Waals surface area contributed by atoms with Gasteiger partial charge in [-0.3, -0.25) is 9.69 Å². The van der Waals surface area contributed by atoms with Gasteiger partial charge in [-0.25, -0.2) is 4.79 Å². The average Bonchev–Trinajstić information content (AvgIpc) is 3.39. The van der Waals surface area contributed by atoms with E-state index in [2.05, 4.69) is 15.5 Å². The lowest BCUT2D eigenvalue weighted by Crippen LogP contribution is -2.53. The van der Waals surface area contributed by atoms with E-state index in [0.717, 1.165) is 12.1 Å². The first-order valence-electron chi connectivity index (χ1n) is 12.9. The molecule has 4 rings (SSSR count). The van der Waals surface area contributed by atoms with Crippen LogP contribution in [0.2, 0.25) is 5.02 Å². The van der Waals surface area contributed by atoms with E-state index in [4.69, 9.17) is 25.5 Å². The molecule has 41 heavy (non-hydrogen) atoms. The van der Waals surface area contributed by atoms with Crippen LogP contribution in [0.15, 0.2) is 52.9 Å². The van der Waals surface area contributed by atoms with Gasteiger partial charge in [-0.2, -0.15) is 13.2 Å². The highest BCUT2D eigenvalue weighted by Gasteiger charge is 2.39. The van der Waals surface area contributed by atoms with Gasteiger partial charge in [0.1, 0.15) is 17.4 Å². The van der Waals surface area contributed by atoms with Gasteiger partial charge in [-0.1, -0.05) is 11.6 Å². The van der Waals surface area contributed by atoms with Crippen molar-refractivity contribution in [1.82, 2.24) is 20.4 Å². The fraction of sp³-hybridized carbons (Fsp3) is 0.429. The quantitative estimate of drug-likeness (QED) is 0.350. The van der Waals surface area contributed by atoms with Crippen LogP contribution in [0, 0.1) is 0 Å². The molecule has 9 nitrogen and oxygen atoms in total. The molecular formula is C28H30ClF3N4O5. The maximum atomic E-state index is 13.2. The molecule has 220 valence electrons. The highest BCUT2D eigenvalue weighted by Crippen LogP contribution is 2.34. The van der Waals surface area contributed by atoms with Crippen LogP contribution in [0.5, 0.6) is 5.75 Å². The second-order valence-corrected chi connectivity index (χ2v) is 11.1. The van der Waals surface area contributed by atoms with Crippen LogP contribution in [-0.2, 0) is 15.7 Å². The number of likely N-dealkylation sites (tertiary alicyclic amines) is 1. The Morgan fingerprint density at radius 3 is 2.32 bits per heavy atom. The van der Waals surface area contributed by atoms with Crippen LogP contribution in [0.25, 0.3) is 11.5 Å². The molecule has 1 aliphatic rings. The van der Waals surface area contributed by atoms with E-state index in [9.17, 15) is 22.8 Å². The normalized spacial score (nSPS) is 18.5. The highest BCUT2D eigenvalue weighted by molar-refractivity contribution is 6.30. The van der Waals surface area contributed by atoms with Crippen molar-refractivity contribution in [2.24, 2.45) is 0 Å². The first-order chi connectivity index (χ1) is 19.2. The second kappa shape index (κ2) is 12.0. The molecule has 1 aliphatic heterocycles. The summed E-state index contributed by atoms with van der Waals surface area (Å²) in [5, 5.41) is 11.5. The summed E-state index contributed by atoms with van der Waals surface area (Å²) in [6.07, 6.45) is -5.10. The van der Waals surface area contributed by atoms with Crippen LogP contribution in [0.1, 0.15) is 58.0 Å². The molecule has 3 aromatic rings. The van der Waals surface area contributed by atoms with Gasteiger partial charge in [0, 0.05) is 23.2 Å². The largest absolute Gasteiger partial charge is 0.481 e. The second-order valence-electron chi connectivity index (χ2n) is 10.7. The molecule has 2 amide bonds. The number of hydrogen-bond donors (Lipinski definition) is 1. The van der Waals surface area contributed by atoms with Crippen LogP contribution in [0.4, 0.5) is 18.0 Å². The van der Waals surface area contributed by atoms with Gasteiger partial charge in [0.25, 0.3) is 5.91 Å². The van der Waals surface area contributed by atoms with Gasteiger partial charge in [0.15, 0.2) is 6.10 Å². The van der Waals surface area contributed by atoms with Gasteiger partial charge in [-0.05, 0) is 89.1 Å². The summed E-state index contributed by atoms with van der Waals surface area (Å²) in [6, 6.07) is 9.88. The summed E-state index contributed by atoms with van der Waals surface area (Å²) in [5.41, 5.74) is -1.29. The van der Waals surface area contributed by atoms with Crippen LogP contribution < -0.4 is 10.1 Å². The number of carbonyl (C=O) groups excluding carboxylic acids is 2. The molecule has 1 unspecified atom stereocenters. The molecule has 0 saturated carbocycles. The van der Waals surface area contributed by atoms with Crippen molar-refractivity contribution in [2.45, 2.75) is 70.5 Å². The molecule has 1 fully saturated rings. The Labute approximate surface area is 240 Å². The van der Waals surface area contributed by atoms with Crippen LogP contribution in [0.3, 0.4) is 0 Å². The van der Waals surface area contributed by atoms with Crippen LogP contribution >= 0.6 is 11.6 Å². The smallest absolute Gasteiger partial charge is 0.416 e. The first kappa shape index (κ1) is 30.2. The number of nitrogens with one attached hydrogen (secondary N) is 1. The minimum absolute atomic E-state index is 0.0152. The Morgan fingerprint density at radius 1 is 1.05 bits per heavy atom. The SMILES string of the molecule is CC(Oc1ccc(Cl)cc1)C(=O)N[C@H]1CC[C@H](c2nnc(-c3ccc(C(F)(F)F)cc3)o2)N(C(=O)OC(C)(C)C)C1. The number of rotatable bonds is 6. The van der Waals surface area contributed by atoms with Crippen LogP contribution in [-0.4, -0.2) is 51.4 Å². The minimum atomic E-state index is -4.47. The number of alkyl halides is 3. The van der Waals surface area contributed by atoms with Crippen molar-refractivity contribution in [3.05, 3.63) is 65.0 Å². The summed E-state index contributed by atoms with van der Waals surface area (Å²) in [6.45, 7) is 6.90. The first-order valence-corrected chi connectivity index (χ1v) is 13.3. The van der Waals surface area contributed by atoms with E-state index >= 15 is 0 Å². The molecule has 3 atom stereocenters. The predicted octanol–water partition coefficient (Wildman–Crippen LogP) is 6.43. The molecule has 2 aromatic carbocycles. The molecule has 0 bridgehead atoms. The van der Waals surface area contributed by atoms with E-state index in [-0.39, 0.29) is 24.2 Å². The van der Waals surface area contributed by atoms with E-state index < -0.39 is 41.6 Å². The zero-order chi connectivity index (χ0) is 29.9. The van der Waals surface area contributed by atoms with Crippen molar-refractivity contribution in [3.63, 3.8) is 0 Å². The van der Waals surface area contributed by atoms with Gasteiger partial charge < -0.3 is 19.2 Å². The fourth-order valence-corrected chi connectivity index (χ4v) is 4.37. The highest BCUT2D eigenvalue weighted by atomic mass is 35.5. The number of nitrogens with zero attached hydrogens (tertiary/aromatic N) is 3. The Kier molecular flexibility index (Phi) is 8.81. The van der Waals surface area contributed by atoms with E-state index in [1.807, 2.05) is 0 Å². The molecular weight excluding hydrogens is 565 g/mol. The lowest BCUT2D eigenvalue weighted by atomic mass is 9.98. The Bertz CT molecular complexity index is 1360. The van der Waals surface area contributed by atoms with E-state index in [1.165, 1.54) is 17.0 Å². The maximum Gasteiger partial charge on any atom is 0.416 e. The summed E-state index contributed by atoms with van der Waals surface area (Å²) in [7, 11) is 0. The molecule has 2 heterocycles. The molecule has 1 saturated heterocycles. The standard InChI is InChI=1S/C28H30ClF3N4O5/c1-16(39-21-12-9-19(29)10-13-21)23(37)33-20-11-14-22(36(15-20)26(38)41-27(2,3)4)25-35-34-24(40-25)17-5-7-18(8-6-17)28(30,31)32/h5-10,12-13,16,20,22H,11,14-15H2,1-4H3,(H,33,37)/t16?,20-,22+/m0/s1. The molecule has 1 N–H and O–H groups in total. The lowest BCUT2D eigenvalue weighted by molar-refractivity contribution is -0.137. The Balaban J connectivity index is 1.48.